The normalized spacial score (nSPS) is 22.4. The number of nitrogens with one attached hydrogen (secondary N) is 1. The van der Waals surface area contributed by atoms with Crippen LogP contribution in [0.3, 0.4) is 0 Å². The second-order valence-electron chi connectivity index (χ2n) is 6.39. The van der Waals surface area contributed by atoms with Gasteiger partial charge in [0.15, 0.2) is 0 Å². The number of pyridine rings is 1. The van der Waals surface area contributed by atoms with Crippen molar-refractivity contribution in [2.45, 2.75) is 11.7 Å². The van der Waals surface area contributed by atoms with Crippen molar-refractivity contribution in [1.82, 2.24) is 9.71 Å². The third-order valence-electron chi connectivity index (χ3n) is 4.61. The van der Waals surface area contributed by atoms with Crippen LogP contribution in [-0.2, 0) is 14.8 Å². The number of hydrogen-bond acceptors (Lipinski definition) is 5. The van der Waals surface area contributed by atoms with Gasteiger partial charge in [0, 0.05) is 0 Å². The van der Waals surface area contributed by atoms with Crippen LogP contribution < -0.4 is 4.72 Å². The third-order valence-corrected chi connectivity index (χ3v) is 15.2. The number of benzene rings is 1. The van der Waals surface area contributed by atoms with E-state index in [1.165, 1.54) is 12.3 Å². The number of aromatic nitrogens is 1. The van der Waals surface area contributed by atoms with Gasteiger partial charge >= 0.3 is 185 Å². The zero-order valence-electron chi connectivity index (χ0n) is 15.0. The molecule has 0 saturated carbocycles. The number of halogens is 2. The minimum absolute atomic E-state index is 0.0628. The predicted octanol–water partition coefficient (Wildman–Crippen LogP) is 4.41. The molecule has 0 radical (unpaired) electrons. The van der Waals surface area contributed by atoms with Gasteiger partial charge in [-0.05, 0) is 0 Å². The standard InChI is InChI=1S/C19H16ClIN2O4S2/c1-21-17(12-5-3-2-4-6-12)19(21,18(24)25)23-29(26,27)16-10-9-15(28-16)14-8-7-13(20)11-22-14/h2-11,17,23H,1H3,(H,24,25)/t17-,19+/m1/s1. The van der Waals surface area contributed by atoms with Crippen molar-refractivity contribution >= 4 is 58.7 Å². The number of sulfonamides is 1. The maximum absolute atomic E-state index is 13.0. The fourth-order valence-electron chi connectivity index (χ4n) is 3.15. The molecule has 1 saturated heterocycles. The monoisotopic (exact) mass is 562 g/mol. The number of hydrogen-bond donors (Lipinski definition) is 2. The number of carbonyl (C=O) groups is 1. The van der Waals surface area contributed by atoms with Crippen molar-refractivity contribution < 1.29 is 18.3 Å². The molecule has 1 aliphatic rings. The topological polar surface area (TPSA) is 96.4 Å². The summed E-state index contributed by atoms with van der Waals surface area (Å²) in [6, 6.07) is 15.8. The first-order chi connectivity index (χ1) is 13.8. The van der Waals surface area contributed by atoms with E-state index >= 15 is 0 Å². The van der Waals surface area contributed by atoms with Gasteiger partial charge in [0.25, 0.3) is 0 Å². The Kier molecular flexibility index (Phi) is 5.45. The summed E-state index contributed by atoms with van der Waals surface area (Å²) < 4.78 is 27.0. The Balaban J connectivity index is 1.64. The Bertz CT molecular complexity index is 1170. The molecule has 1 fully saturated rings. The molecule has 29 heavy (non-hydrogen) atoms. The molecule has 0 unspecified atom stereocenters. The molecule has 0 bridgehead atoms. The van der Waals surface area contributed by atoms with Crippen LogP contribution in [0.15, 0.2) is 65.0 Å². The van der Waals surface area contributed by atoms with E-state index in [4.69, 9.17) is 11.6 Å². The summed E-state index contributed by atoms with van der Waals surface area (Å²) in [6.07, 6.45) is 1.49. The van der Waals surface area contributed by atoms with Gasteiger partial charge in [-0.2, -0.15) is 0 Å². The molecule has 2 atom stereocenters. The second kappa shape index (κ2) is 7.62. The number of alkyl halides is 3. The first kappa shape index (κ1) is 20.7. The average molecular weight is 563 g/mol. The van der Waals surface area contributed by atoms with E-state index < -0.39 is 39.4 Å². The van der Waals surface area contributed by atoms with Gasteiger partial charge in [-0.3, -0.25) is 0 Å². The third kappa shape index (κ3) is 3.70. The van der Waals surface area contributed by atoms with Crippen LogP contribution in [0.5, 0.6) is 0 Å². The molecular formula is C19H16ClIN2O4S2. The van der Waals surface area contributed by atoms with Crippen LogP contribution in [-0.4, -0.2) is 33.0 Å². The molecule has 2 N–H and O–H groups in total. The van der Waals surface area contributed by atoms with E-state index in [-0.39, 0.29) is 8.13 Å². The zero-order valence-corrected chi connectivity index (χ0v) is 19.6. The molecule has 3 aromatic rings. The van der Waals surface area contributed by atoms with Crippen molar-refractivity contribution in [2.24, 2.45) is 0 Å². The quantitative estimate of drug-likeness (QED) is 0.264. The van der Waals surface area contributed by atoms with E-state index in [0.717, 1.165) is 16.9 Å². The number of nitrogens with zero attached hydrogens (tertiary/aromatic N) is 1. The fraction of sp³-hybridized carbons (Fsp3) is 0.158. The second-order valence-corrected chi connectivity index (χ2v) is 15.7. The number of rotatable bonds is 6. The van der Waals surface area contributed by atoms with E-state index in [1.54, 1.807) is 18.2 Å². The number of aliphatic carboxylic acids is 1. The number of carboxylic acid groups (broad SMARTS) is 1. The van der Waals surface area contributed by atoms with E-state index in [2.05, 4.69) is 9.71 Å². The number of carboxylic acids is 1. The molecule has 0 aliphatic carbocycles. The van der Waals surface area contributed by atoms with E-state index in [0.29, 0.717) is 15.6 Å². The average Bonchev–Trinajstić information content (AvgIpc) is 3.05. The molecule has 0 spiro atoms. The van der Waals surface area contributed by atoms with Crippen LogP contribution in [0, 0.1) is 0 Å². The summed E-state index contributed by atoms with van der Waals surface area (Å²) in [6.45, 7) is 0. The molecule has 4 rings (SSSR count). The van der Waals surface area contributed by atoms with Crippen LogP contribution in [0.4, 0.5) is 0 Å². The Morgan fingerprint density at radius 1 is 1.21 bits per heavy atom. The van der Waals surface area contributed by atoms with E-state index in [1.807, 2.05) is 35.3 Å². The molecule has 0 amide bonds. The van der Waals surface area contributed by atoms with Gasteiger partial charge in [0.05, 0.1) is 0 Å². The fourth-order valence-corrected chi connectivity index (χ4v) is 14.6. The van der Waals surface area contributed by atoms with Crippen molar-refractivity contribution in [2.75, 3.05) is 4.93 Å². The molecule has 1 aromatic carbocycles. The summed E-state index contributed by atoms with van der Waals surface area (Å²) in [5.41, 5.74) is 1.47. The summed E-state index contributed by atoms with van der Waals surface area (Å²) in [5, 5.41) is 10.4. The van der Waals surface area contributed by atoms with Crippen molar-refractivity contribution in [1.29, 1.82) is 0 Å². The van der Waals surface area contributed by atoms with Gasteiger partial charge in [-0.25, -0.2) is 0 Å². The van der Waals surface area contributed by atoms with Gasteiger partial charge < -0.3 is 0 Å². The molecule has 3 heterocycles. The Morgan fingerprint density at radius 3 is 2.55 bits per heavy atom. The predicted molar refractivity (Wildman–Crippen MR) is 122 cm³/mol. The molecule has 6 nitrogen and oxygen atoms in total. The summed E-state index contributed by atoms with van der Waals surface area (Å²) in [5.74, 6) is -1.11. The van der Waals surface area contributed by atoms with Crippen LogP contribution in [0.25, 0.3) is 10.6 Å². The Labute approximate surface area is 184 Å². The Hall–Kier alpha value is -1.53. The number of thiophene rings is 1. The molecule has 1 aliphatic heterocycles. The van der Waals surface area contributed by atoms with Gasteiger partial charge in [-0.1, -0.05) is 0 Å². The van der Waals surface area contributed by atoms with Crippen molar-refractivity contribution in [3.05, 3.63) is 71.4 Å². The Morgan fingerprint density at radius 2 is 1.93 bits per heavy atom. The van der Waals surface area contributed by atoms with Crippen molar-refractivity contribution in [3.63, 3.8) is 0 Å². The molecular weight excluding hydrogens is 547 g/mol. The summed E-state index contributed by atoms with van der Waals surface area (Å²) in [7, 11) is -4.00. The maximum atomic E-state index is 13.0. The van der Waals surface area contributed by atoms with Gasteiger partial charge in [0.2, 0.25) is 0 Å². The summed E-state index contributed by atoms with van der Waals surface area (Å²) >= 11 is 4.76. The van der Waals surface area contributed by atoms with Crippen LogP contribution in [0.1, 0.15) is 9.49 Å². The first-order valence-electron chi connectivity index (χ1n) is 8.38. The van der Waals surface area contributed by atoms with Gasteiger partial charge in [0.1, 0.15) is 0 Å². The van der Waals surface area contributed by atoms with Crippen molar-refractivity contribution in [3.8, 4) is 10.6 Å². The van der Waals surface area contributed by atoms with Crippen LogP contribution in [0.2, 0.25) is 5.02 Å². The minimum atomic E-state index is -4.00. The molecule has 10 heteroatoms. The zero-order chi connectivity index (χ0) is 20.8. The molecule has 2 aromatic heterocycles. The SMILES string of the molecule is CI1[C@H](c2ccccc2)[C@]1(NS(=O)(=O)c1ccc(-c2ccc(Cl)cn2)s1)C(=O)O. The first-order valence-corrected chi connectivity index (χ1v) is 15.5. The van der Waals surface area contributed by atoms with Crippen LogP contribution >= 0.6 is 42.8 Å². The summed E-state index contributed by atoms with van der Waals surface area (Å²) in [4.78, 5) is 18.9. The van der Waals surface area contributed by atoms with Gasteiger partial charge in [-0.15, -0.1) is 0 Å². The molecule has 152 valence electrons. The van der Waals surface area contributed by atoms with E-state index in [9.17, 15) is 18.3 Å².